The van der Waals surface area contributed by atoms with Crippen molar-refractivity contribution in [1.29, 1.82) is 5.26 Å². The van der Waals surface area contributed by atoms with Gasteiger partial charge in [0.15, 0.2) is 17.3 Å². The van der Waals surface area contributed by atoms with Crippen molar-refractivity contribution in [3.8, 4) is 23.3 Å². The van der Waals surface area contributed by atoms with Gasteiger partial charge in [0.1, 0.15) is 11.8 Å². The number of hydrogen-bond acceptors (Lipinski definition) is 4. The summed E-state index contributed by atoms with van der Waals surface area (Å²) < 4.78 is 16.5. The molecule has 0 aromatic heterocycles. The molecule has 3 rings (SSSR count). The van der Waals surface area contributed by atoms with Gasteiger partial charge >= 0.3 is 0 Å². The second-order valence-corrected chi connectivity index (χ2v) is 4.15. The Kier molecular flexibility index (Phi) is 3.02. The second-order valence-electron chi connectivity index (χ2n) is 4.15. The third-order valence-corrected chi connectivity index (χ3v) is 2.92. The minimum atomic E-state index is 0.136. The highest BCUT2D eigenvalue weighted by molar-refractivity contribution is 5.70. The van der Waals surface area contributed by atoms with E-state index in [1.54, 1.807) is 25.3 Å². The predicted octanol–water partition coefficient (Wildman–Crippen LogP) is 3.36. The minimum absolute atomic E-state index is 0.136. The molecule has 20 heavy (non-hydrogen) atoms. The maximum absolute atomic E-state index is 9.23. The van der Waals surface area contributed by atoms with Crippen LogP contribution in [0.3, 0.4) is 0 Å². The normalized spacial score (nSPS) is 12.8. The van der Waals surface area contributed by atoms with Crippen molar-refractivity contribution in [2.75, 3.05) is 7.11 Å². The highest BCUT2D eigenvalue weighted by atomic mass is 16.6. The third kappa shape index (κ3) is 2.06. The molecule has 4 heteroatoms. The molecule has 0 atom stereocenters. The number of nitrogens with zero attached hydrogens (tertiary/aromatic N) is 1. The Balaban J connectivity index is 2.05. The zero-order valence-electron chi connectivity index (χ0n) is 10.8. The standard InChI is InChI=1S/C16H11NO3/c1-18-12-7-8-13-14(9-12)19-15(10-17)16(20-13)11-5-3-2-4-6-11/h2-9H,1H3. The Morgan fingerprint density at radius 3 is 2.50 bits per heavy atom. The molecule has 4 nitrogen and oxygen atoms in total. The largest absolute Gasteiger partial charge is 0.497 e. The van der Waals surface area contributed by atoms with E-state index in [4.69, 9.17) is 14.2 Å². The molecule has 0 N–H and O–H groups in total. The Labute approximate surface area is 116 Å². The smallest absolute Gasteiger partial charge is 0.247 e. The molecule has 2 aromatic rings. The van der Waals surface area contributed by atoms with E-state index in [0.29, 0.717) is 23.0 Å². The van der Waals surface area contributed by atoms with Crippen LogP contribution in [0.1, 0.15) is 5.56 Å². The number of rotatable bonds is 2. The molecule has 0 unspecified atom stereocenters. The maximum atomic E-state index is 9.23. The summed E-state index contributed by atoms with van der Waals surface area (Å²) in [5.74, 6) is 2.24. The van der Waals surface area contributed by atoms with E-state index in [2.05, 4.69) is 0 Å². The van der Waals surface area contributed by atoms with Crippen LogP contribution in [-0.4, -0.2) is 7.11 Å². The number of allylic oxidation sites excluding steroid dienone is 1. The fourth-order valence-electron chi connectivity index (χ4n) is 1.95. The van der Waals surface area contributed by atoms with Crippen LogP contribution in [-0.2, 0) is 0 Å². The molecule has 0 saturated heterocycles. The van der Waals surface area contributed by atoms with Gasteiger partial charge in [0.25, 0.3) is 0 Å². The Morgan fingerprint density at radius 2 is 1.80 bits per heavy atom. The number of methoxy groups -OCH3 is 1. The SMILES string of the molecule is COc1ccc2c(c1)OC(C#N)=C(c1ccccc1)O2. The first kappa shape index (κ1) is 12.1. The zero-order valence-corrected chi connectivity index (χ0v) is 10.8. The molecule has 1 aliphatic heterocycles. The number of benzene rings is 2. The molecule has 2 aromatic carbocycles. The van der Waals surface area contributed by atoms with Crippen molar-refractivity contribution in [1.82, 2.24) is 0 Å². The molecule has 0 radical (unpaired) electrons. The van der Waals surface area contributed by atoms with Crippen molar-refractivity contribution < 1.29 is 14.2 Å². The summed E-state index contributed by atoms with van der Waals surface area (Å²) in [5.41, 5.74) is 0.797. The van der Waals surface area contributed by atoms with Gasteiger partial charge in [0, 0.05) is 11.6 Å². The first-order valence-electron chi connectivity index (χ1n) is 6.05. The van der Waals surface area contributed by atoms with Gasteiger partial charge in [-0.2, -0.15) is 5.26 Å². The van der Waals surface area contributed by atoms with Gasteiger partial charge in [0.2, 0.25) is 5.76 Å². The summed E-state index contributed by atoms with van der Waals surface area (Å²) in [7, 11) is 1.57. The summed E-state index contributed by atoms with van der Waals surface area (Å²) in [6.45, 7) is 0. The van der Waals surface area contributed by atoms with Crippen LogP contribution in [0, 0.1) is 11.3 Å². The zero-order chi connectivity index (χ0) is 13.9. The molecular weight excluding hydrogens is 254 g/mol. The van der Waals surface area contributed by atoms with Crippen LogP contribution in [0.2, 0.25) is 0 Å². The molecule has 0 fully saturated rings. The first-order valence-corrected chi connectivity index (χ1v) is 6.05. The van der Waals surface area contributed by atoms with Gasteiger partial charge in [0.05, 0.1) is 7.11 Å². The lowest BCUT2D eigenvalue weighted by Gasteiger charge is -2.21. The van der Waals surface area contributed by atoms with Crippen LogP contribution >= 0.6 is 0 Å². The lowest BCUT2D eigenvalue weighted by atomic mass is 10.1. The minimum Gasteiger partial charge on any atom is -0.497 e. The van der Waals surface area contributed by atoms with Crippen molar-refractivity contribution in [3.05, 3.63) is 59.9 Å². The third-order valence-electron chi connectivity index (χ3n) is 2.92. The van der Waals surface area contributed by atoms with Crippen LogP contribution in [0.25, 0.3) is 5.76 Å². The number of hydrogen-bond donors (Lipinski definition) is 0. The van der Waals surface area contributed by atoms with Crippen molar-refractivity contribution in [2.24, 2.45) is 0 Å². The summed E-state index contributed by atoms with van der Waals surface area (Å²) in [4.78, 5) is 0. The average molecular weight is 265 g/mol. The molecule has 1 aliphatic rings. The van der Waals surface area contributed by atoms with Crippen molar-refractivity contribution >= 4 is 5.76 Å². The van der Waals surface area contributed by atoms with Crippen molar-refractivity contribution in [3.63, 3.8) is 0 Å². The number of nitriles is 1. The summed E-state index contributed by atoms with van der Waals surface area (Å²) in [6.07, 6.45) is 0. The highest BCUT2D eigenvalue weighted by Gasteiger charge is 2.23. The number of fused-ring (bicyclic) bond motifs is 1. The molecular formula is C16H11NO3. The fraction of sp³-hybridized carbons (Fsp3) is 0.0625. The van der Waals surface area contributed by atoms with E-state index in [-0.39, 0.29) is 5.76 Å². The average Bonchev–Trinajstić information content (AvgIpc) is 2.53. The van der Waals surface area contributed by atoms with E-state index in [1.807, 2.05) is 36.4 Å². The molecule has 0 bridgehead atoms. The maximum Gasteiger partial charge on any atom is 0.247 e. The lowest BCUT2D eigenvalue weighted by Crippen LogP contribution is -2.10. The van der Waals surface area contributed by atoms with Gasteiger partial charge in [-0.1, -0.05) is 30.3 Å². The summed E-state index contributed by atoms with van der Waals surface area (Å²) in [5, 5.41) is 9.23. The molecule has 0 aliphatic carbocycles. The van der Waals surface area contributed by atoms with E-state index in [1.165, 1.54) is 0 Å². The molecule has 0 amide bonds. The van der Waals surface area contributed by atoms with Crippen molar-refractivity contribution in [2.45, 2.75) is 0 Å². The lowest BCUT2D eigenvalue weighted by molar-refractivity contribution is 0.354. The predicted molar refractivity (Wildman–Crippen MR) is 73.2 cm³/mol. The second kappa shape index (κ2) is 4.98. The van der Waals surface area contributed by atoms with Crippen LogP contribution in [0.5, 0.6) is 17.2 Å². The Bertz CT molecular complexity index is 714. The van der Waals surface area contributed by atoms with E-state index < -0.39 is 0 Å². The van der Waals surface area contributed by atoms with E-state index >= 15 is 0 Å². The molecule has 98 valence electrons. The fourth-order valence-corrected chi connectivity index (χ4v) is 1.95. The highest BCUT2D eigenvalue weighted by Crippen LogP contribution is 2.40. The van der Waals surface area contributed by atoms with Crippen LogP contribution < -0.4 is 14.2 Å². The van der Waals surface area contributed by atoms with E-state index in [0.717, 1.165) is 5.56 Å². The molecule has 1 heterocycles. The first-order chi connectivity index (χ1) is 9.81. The van der Waals surface area contributed by atoms with Gasteiger partial charge in [-0.3, -0.25) is 0 Å². The van der Waals surface area contributed by atoms with Gasteiger partial charge in [-0.15, -0.1) is 0 Å². The number of ether oxygens (including phenoxy) is 3. The summed E-state index contributed by atoms with van der Waals surface area (Å²) >= 11 is 0. The van der Waals surface area contributed by atoms with Crippen LogP contribution in [0.4, 0.5) is 0 Å². The topological polar surface area (TPSA) is 51.5 Å². The Morgan fingerprint density at radius 1 is 1.00 bits per heavy atom. The Hall–Kier alpha value is -2.93. The van der Waals surface area contributed by atoms with Gasteiger partial charge in [-0.25, -0.2) is 0 Å². The summed E-state index contributed by atoms with van der Waals surface area (Å²) in [6, 6.07) is 16.6. The molecule has 0 saturated carbocycles. The van der Waals surface area contributed by atoms with Gasteiger partial charge in [-0.05, 0) is 12.1 Å². The monoisotopic (exact) mass is 265 g/mol. The van der Waals surface area contributed by atoms with Gasteiger partial charge < -0.3 is 14.2 Å². The van der Waals surface area contributed by atoms with Crippen LogP contribution in [0.15, 0.2) is 54.3 Å². The molecule has 0 spiro atoms. The van der Waals surface area contributed by atoms with E-state index in [9.17, 15) is 5.26 Å². The quantitative estimate of drug-likeness (QED) is 0.835.